The van der Waals surface area contributed by atoms with E-state index in [4.69, 9.17) is 33.2 Å². The van der Waals surface area contributed by atoms with E-state index in [0.717, 1.165) is 27.7 Å². The van der Waals surface area contributed by atoms with Crippen LogP contribution in [0.3, 0.4) is 0 Å². The second-order valence-corrected chi connectivity index (χ2v) is 19.5. The fourth-order valence-corrected chi connectivity index (χ4v) is 10.8. The van der Waals surface area contributed by atoms with Gasteiger partial charge >= 0.3 is 35.8 Å². The van der Waals surface area contributed by atoms with E-state index in [0.29, 0.717) is 0 Å². The number of benzene rings is 3. The third-order valence-corrected chi connectivity index (χ3v) is 14.7. The summed E-state index contributed by atoms with van der Waals surface area (Å²) in [6, 6.07) is 21.9. The van der Waals surface area contributed by atoms with Crippen LogP contribution in [-0.4, -0.2) is 129 Å². The number of rotatable bonds is 14. The van der Waals surface area contributed by atoms with Crippen molar-refractivity contribution in [3.8, 4) is 0 Å². The highest BCUT2D eigenvalue weighted by molar-refractivity contribution is 5.96. The number of ether oxygens (including phenoxy) is 7. The molecule has 0 aromatic heterocycles. The molecule has 19 nitrogen and oxygen atoms in total. The number of fused-ring (bicyclic) bond motifs is 5. The van der Waals surface area contributed by atoms with Crippen LogP contribution in [0, 0.1) is 16.7 Å². The molecule has 2 bridgehead atoms. The van der Waals surface area contributed by atoms with E-state index >= 15 is 9.59 Å². The normalized spacial score (nSPS) is 29.8. The van der Waals surface area contributed by atoms with E-state index in [-0.39, 0.29) is 40.9 Å². The lowest BCUT2D eigenvalue weighted by atomic mass is 9.44. The molecule has 3 aliphatic carbocycles. The van der Waals surface area contributed by atoms with Gasteiger partial charge in [0.05, 0.1) is 29.6 Å². The zero-order valence-corrected chi connectivity index (χ0v) is 41.0. The fraction of sp³-hybridized carbons (Fsp3) is 0.472. The number of nitrogens with one attached hydrogen (secondary N) is 1. The van der Waals surface area contributed by atoms with Crippen molar-refractivity contribution >= 4 is 47.5 Å². The van der Waals surface area contributed by atoms with Crippen LogP contribution >= 0.6 is 0 Å². The molecule has 1 amide bonds. The minimum atomic E-state index is -2.52. The molecule has 1 saturated heterocycles. The standard InChI is InChI=1S/C53H59NO18/c1-27-35(69-49(64)41(70-47(62)29(3)67-46(61)28(2)55)39(32-18-12-9-13-19-32)54-45(60)33-20-14-10-15-21-33)25-53(65)44(71-48(63)34-22-16-11-17-23-34)42-51(8,36(58)24-37-52(42,26-66-37)72-31(5)57)43(59)40(68-30(4)56)38(27)50(53,6)7/h9-23,28-29,35-37,39-42,44,55,58,65H,24-26H2,1-8H3,(H,54,60)/t28-,29-,35?,36+,37-,39?,40-,41-,42?,44+,51-,52+,53-/m1/s1. The van der Waals surface area contributed by atoms with Crippen molar-refractivity contribution in [1.29, 1.82) is 0 Å². The van der Waals surface area contributed by atoms with Crippen LogP contribution in [0.15, 0.2) is 102 Å². The Balaban J connectivity index is 1.42. The third kappa shape index (κ3) is 9.53. The third-order valence-electron chi connectivity index (χ3n) is 14.7. The number of Topliss-reactive ketones (excluding diaryl/α,β-unsaturated/α-hetero) is 1. The first-order valence-corrected chi connectivity index (χ1v) is 23.5. The molecule has 19 heteroatoms. The highest BCUT2D eigenvalue weighted by Crippen LogP contribution is 2.64. The molecule has 3 aromatic carbocycles. The molecule has 0 spiro atoms. The van der Waals surface area contributed by atoms with Gasteiger partial charge in [0, 0.05) is 37.7 Å². The summed E-state index contributed by atoms with van der Waals surface area (Å²) >= 11 is 0. The van der Waals surface area contributed by atoms with Gasteiger partial charge in [-0.3, -0.25) is 19.2 Å². The Morgan fingerprint density at radius 2 is 1.35 bits per heavy atom. The first kappa shape index (κ1) is 53.0. The molecule has 0 radical (unpaired) electrons. The number of amides is 1. The lowest BCUT2D eigenvalue weighted by molar-refractivity contribution is -0.346. The van der Waals surface area contributed by atoms with E-state index in [1.165, 1.54) is 64.1 Å². The zero-order valence-electron chi connectivity index (χ0n) is 41.0. The first-order chi connectivity index (χ1) is 33.9. The van der Waals surface area contributed by atoms with Gasteiger partial charge < -0.3 is 53.8 Å². The summed E-state index contributed by atoms with van der Waals surface area (Å²) < 4.78 is 41.6. The fourth-order valence-electron chi connectivity index (χ4n) is 10.8. The van der Waals surface area contributed by atoms with Crippen molar-refractivity contribution in [1.82, 2.24) is 5.32 Å². The van der Waals surface area contributed by atoms with Crippen LogP contribution in [-0.2, 0) is 61.9 Å². The minimum absolute atomic E-state index is 0.0133. The molecule has 7 rings (SSSR count). The number of hydrogen-bond donors (Lipinski definition) is 4. The number of esters is 6. The molecule has 13 atom stereocenters. The van der Waals surface area contributed by atoms with Gasteiger partial charge in [-0.1, -0.05) is 80.6 Å². The van der Waals surface area contributed by atoms with Gasteiger partial charge in [-0.2, -0.15) is 0 Å². The molecule has 1 heterocycles. The maximum atomic E-state index is 15.7. The average molecular weight is 998 g/mol. The van der Waals surface area contributed by atoms with Crippen molar-refractivity contribution < 1.29 is 86.8 Å². The molecule has 72 heavy (non-hydrogen) atoms. The van der Waals surface area contributed by atoms with Gasteiger partial charge in [0.2, 0.25) is 6.10 Å². The molecule has 1 aliphatic heterocycles. The van der Waals surface area contributed by atoms with E-state index < -0.39 is 137 Å². The Bertz CT molecular complexity index is 2640. The van der Waals surface area contributed by atoms with Crippen LogP contribution in [0.4, 0.5) is 0 Å². The summed E-state index contributed by atoms with van der Waals surface area (Å²) in [5, 5.41) is 38.7. The number of aliphatic hydroxyl groups is 3. The van der Waals surface area contributed by atoms with E-state index in [9.17, 15) is 44.1 Å². The van der Waals surface area contributed by atoms with Crippen molar-refractivity contribution in [3.63, 3.8) is 0 Å². The smallest absolute Gasteiger partial charge is 0.350 e. The molecular weight excluding hydrogens is 939 g/mol. The molecule has 3 fully saturated rings. The molecule has 384 valence electrons. The quantitative estimate of drug-likeness (QED) is 0.102. The summed E-state index contributed by atoms with van der Waals surface area (Å²) in [6.45, 7) is 9.88. The van der Waals surface area contributed by atoms with Gasteiger partial charge in [0.1, 0.15) is 36.1 Å². The van der Waals surface area contributed by atoms with Crippen molar-refractivity contribution in [2.45, 2.75) is 134 Å². The summed E-state index contributed by atoms with van der Waals surface area (Å²) in [7, 11) is 0. The number of ketones is 1. The predicted molar refractivity (Wildman–Crippen MR) is 249 cm³/mol. The Kier molecular flexibility index (Phi) is 15.0. The molecular formula is C53H59NO18. The van der Waals surface area contributed by atoms with Gasteiger partial charge in [-0.05, 0) is 68.7 Å². The van der Waals surface area contributed by atoms with Crippen LogP contribution in [0.5, 0.6) is 0 Å². The SMILES string of the molecule is CC(=O)O[C@H]1C(=O)[C@@]2(C)C([C@H](OC(=O)c3ccccc3)[C@]3(O)CC(OC(=O)[C@H](OC(=O)[C@@H](C)OC(=O)[C@@H](C)O)C(NC(=O)c4ccccc4)c4ccccc4)C(C)=C1C3(C)C)[C@]1(OC(C)=O)CO[C@@H]1C[C@@H]2O. The average Bonchev–Trinajstić information content (AvgIpc) is 3.33. The lowest BCUT2D eigenvalue weighted by Gasteiger charge is -2.67. The molecule has 4 N–H and O–H groups in total. The van der Waals surface area contributed by atoms with Gasteiger partial charge in [0.15, 0.2) is 23.6 Å². The van der Waals surface area contributed by atoms with Crippen molar-refractivity contribution in [2.24, 2.45) is 16.7 Å². The van der Waals surface area contributed by atoms with Gasteiger partial charge in [-0.25, -0.2) is 19.2 Å². The number of aliphatic hydroxyl groups excluding tert-OH is 2. The Morgan fingerprint density at radius 1 is 0.764 bits per heavy atom. The van der Waals surface area contributed by atoms with Crippen LogP contribution < -0.4 is 5.32 Å². The Morgan fingerprint density at radius 3 is 1.89 bits per heavy atom. The number of carbonyl (C=O) groups is 8. The molecule has 3 aromatic rings. The number of hydrogen-bond acceptors (Lipinski definition) is 18. The summed E-state index contributed by atoms with van der Waals surface area (Å²) in [5.74, 6) is -9.92. The van der Waals surface area contributed by atoms with Crippen LogP contribution in [0.1, 0.15) is 101 Å². The number of carbonyl (C=O) groups excluding carboxylic acids is 8. The lowest BCUT2D eigenvalue weighted by Crippen LogP contribution is -2.82. The van der Waals surface area contributed by atoms with E-state index in [1.54, 1.807) is 54.6 Å². The summed E-state index contributed by atoms with van der Waals surface area (Å²) in [4.78, 5) is 112. The van der Waals surface area contributed by atoms with Crippen molar-refractivity contribution in [3.05, 3.63) is 119 Å². The second kappa shape index (κ2) is 20.4. The highest BCUT2D eigenvalue weighted by atomic mass is 16.6. The summed E-state index contributed by atoms with van der Waals surface area (Å²) in [6.07, 6.45) is -14.7. The van der Waals surface area contributed by atoms with E-state index in [1.807, 2.05) is 0 Å². The maximum Gasteiger partial charge on any atom is 0.350 e. The largest absolute Gasteiger partial charge is 0.455 e. The van der Waals surface area contributed by atoms with E-state index in [2.05, 4.69) is 5.32 Å². The maximum absolute atomic E-state index is 15.7. The zero-order chi connectivity index (χ0) is 52.7. The Labute approximate surface area is 415 Å². The topological polar surface area (TPSA) is 274 Å². The second-order valence-electron chi connectivity index (χ2n) is 19.5. The minimum Gasteiger partial charge on any atom is -0.455 e. The molecule has 2 saturated carbocycles. The molecule has 3 unspecified atom stereocenters. The van der Waals surface area contributed by atoms with Crippen LogP contribution in [0.25, 0.3) is 0 Å². The van der Waals surface area contributed by atoms with Gasteiger partial charge in [0.25, 0.3) is 5.91 Å². The highest BCUT2D eigenvalue weighted by Gasteiger charge is 2.78. The first-order valence-electron chi connectivity index (χ1n) is 23.5. The monoisotopic (exact) mass is 997 g/mol. The summed E-state index contributed by atoms with van der Waals surface area (Å²) in [5.41, 5.74) is -7.94. The predicted octanol–water partition coefficient (Wildman–Crippen LogP) is 3.60. The van der Waals surface area contributed by atoms with Crippen molar-refractivity contribution in [2.75, 3.05) is 6.61 Å². The van der Waals surface area contributed by atoms with Gasteiger partial charge in [-0.15, -0.1) is 0 Å². The Hall–Kier alpha value is -6.80. The van der Waals surface area contributed by atoms with Crippen LogP contribution in [0.2, 0.25) is 0 Å². The molecule has 4 aliphatic rings.